The van der Waals surface area contributed by atoms with Crippen LogP contribution in [0.4, 0.5) is 4.79 Å². The second-order valence-electron chi connectivity index (χ2n) is 4.47. The molecule has 0 heterocycles. The zero-order chi connectivity index (χ0) is 15.7. The lowest BCUT2D eigenvalue weighted by Crippen LogP contribution is -2.40. The molecule has 112 valence electrons. The zero-order valence-corrected chi connectivity index (χ0v) is 11.9. The Morgan fingerprint density at radius 2 is 1.90 bits per heavy atom. The number of amides is 2. The number of rotatable bonds is 8. The second kappa shape index (κ2) is 8.58. The van der Waals surface area contributed by atoms with Crippen LogP contribution in [0.1, 0.15) is 15.9 Å². The Balaban J connectivity index is 2.50. The standard InChI is InChI=1S/C16H20N2O3/c1-3-10-18(11-4-2)16(21)17-9-8-13-6-5-7-14(12-13)15(19)20/h3-7,12H,1-2,8-11H2,(H,17,21)(H,19,20). The quantitative estimate of drug-likeness (QED) is 0.721. The Hall–Kier alpha value is -2.56. The smallest absolute Gasteiger partial charge is 0.335 e. The highest BCUT2D eigenvalue weighted by Gasteiger charge is 2.09. The summed E-state index contributed by atoms with van der Waals surface area (Å²) < 4.78 is 0. The number of carbonyl (C=O) groups is 2. The van der Waals surface area contributed by atoms with Crippen molar-refractivity contribution in [3.8, 4) is 0 Å². The van der Waals surface area contributed by atoms with E-state index in [4.69, 9.17) is 5.11 Å². The third-order valence-electron chi connectivity index (χ3n) is 2.85. The predicted molar refractivity (Wildman–Crippen MR) is 82.5 cm³/mol. The minimum Gasteiger partial charge on any atom is -0.478 e. The number of carbonyl (C=O) groups excluding carboxylic acids is 1. The zero-order valence-electron chi connectivity index (χ0n) is 11.9. The van der Waals surface area contributed by atoms with E-state index in [2.05, 4.69) is 18.5 Å². The van der Waals surface area contributed by atoms with Crippen LogP contribution in [0.3, 0.4) is 0 Å². The maximum atomic E-state index is 11.9. The summed E-state index contributed by atoms with van der Waals surface area (Å²) in [6.45, 7) is 8.55. The van der Waals surface area contributed by atoms with Crippen molar-refractivity contribution < 1.29 is 14.7 Å². The van der Waals surface area contributed by atoms with E-state index in [1.165, 1.54) is 0 Å². The molecule has 0 saturated carbocycles. The summed E-state index contributed by atoms with van der Waals surface area (Å²) in [5.41, 5.74) is 1.12. The van der Waals surface area contributed by atoms with E-state index in [9.17, 15) is 9.59 Å². The van der Waals surface area contributed by atoms with Crippen molar-refractivity contribution in [1.82, 2.24) is 10.2 Å². The molecule has 0 aromatic heterocycles. The van der Waals surface area contributed by atoms with Crippen molar-refractivity contribution in [2.75, 3.05) is 19.6 Å². The fourth-order valence-electron chi connectivity index (χ4n) is 1.84. The lowest BCUT2D eigenvalue weighted by atomic mass is 10.1. The van der Waals surface area contributed by atoms with Gasteiger partial charge in [-0.2, -0.15) is 0 Å². The molecular formula is C16H20N2O3. The summed E-state index contributed by atoms with van der Waals surface area (Å²) in [4.78, 5) is 24.4. The summed E-state index contributed by atoms with van der Waals surface area (Å²) in [6, 6.07) is 6.50. The van der Waals surface area contributed by atoms with Crippen molar-refractivity contribution in [2.24, 2.45) is 0 Å². The SMILES string of the molecule is C=CCN(CC=C)C(=O)NCCc1cccc(C(=O)O)c1. The van der Waals surface area contributed by atoms with E-state index in [1.807, 2.05) is 6.07 Å². The number of carboxylic acid groups (broad SMARTS) is 1. The third-order valence-corrected chi connectivity index (χ3v) is 2.85. The molecule has 0 aliphatic heterocycles. The van der Waals surface area contributed by atoms with Crippen molar-refractivity contribution in [2.45, 2.75) is 6.42 Å². The Morgan fingerprint density at radius 3 is 2.48 bits per heavy atom. The maximum Gasteiger partial charge on any atom is 0.335 e. The van der Waals surface area contributed by atoms with Gasteiger partial charge in [-0.25, -0.2) is 9.59 Å². The van der Waals surface area contributed by atoms with Gasteiger partial charge in [0.1, 0.15) is 0 Å². The average molecular weight is 288 g/mol. The first-order chi connectivity index (χ1) is 10.1. The van der Waals surface area contributed by atoms with Gasteiger partial charge in [-0.1, -0.05) is 24.3 Å². The number of nitrogens with zero attached hydrogens (tertiary/aromatic N) is 1. The molecule has 5 heteroatoms. The number of benzene rings is 1. The first-order valence-corrected chi connectivity index (χ1v) is 6.65. The van der Waals surface area contributed by atoms with E-state index in [0.29, 0.717) is 26.1 Å². The molecule has 0 bridgehead atoms. The topological polar surface area (TPSA) is 69.6 Å². The Morgan fingerprint density at radius 1 is 1.24 bits per heavy atom. The first kappa shape index (κ1) is 16.5. The molecule has 1 aromatic rings. The number of aromatic carboxylic acids is 1. The minimum absolute atomic E-state index is 0.191. The average Bonchev–Trinajstić information content (AvgIpc) is 2.47. The van der Waals surface area contributed by atoms with Crippen LogP contribution in [-0.4, -0.2) is 41.6 Å². The highest BCUT2D eigenvalue weighted by Crippen LogP contribution is 2.05. The summed E-state index contributed by atoms with van der Waals surface area (Å²) in [7, 11) is 0. The number of hydrogen-bond donors (Lipinski definition) is 2. The fraction of sp³-hybridized carbons (Fsp3) is 0.250. The molecular weight excluding hydrogens is 268 g/mol. The molecule has 1 aromatic carbocycles. The van der Waals surface area contributed by atoms with Crippen molar-refractivity contribution in [1.29, 1.82) is 0 Å². The van der Waals surface area contributed by atoms with E-state index in [0.717, 1.165) is 5.56 Å². The van der Waals surface area contributed by atoms with Crippen LogP contribution in [-0.2, 0) is 6.42 Å². The lowest BCUT2D eigenvalue weighted by Gasteiger charge is -2.19. The highest BCUT2D eigenvalue weighted by atomic mass is 16.4. The van der Waals surface area contributed by atoms with Gasteiger partial charge < -0.3 is 15.3 Å². The van der Waals surface area contributed by atoms with Crippen LogP contribution in [0.15, 0.2) is 49.6 Å². The number of urea groups is 1. The van der Waals surface area contributed by atoms with Crippen LogP contribution in [0.5, 0.6) is 0 Å². The Bertz CT molecular complexity index is 516. The largest absolute Gasteiger partial charge is 0.478 e. The van der Waals surface area contributed by atoms with Gasteiger partial charge in [0, 0.05) is 19.6 Å². The number of hydrogen-bond acceptors (Lipinski definition) is 2. The summed E-state index contributed by atoms with van der Waals surface area (Å²) >= 11 is 0. The summed E-state index contributed by atoms with van der Waals surface area (Å²) in [5.74, 6) is -0.955. The molecule has 0 aliphatic carbocycles. The Kier molecular flexibility index (Phi) is 6.74. The second-order valence-corrected chi connectivity index (χ2v) is 4.47. The van der Waals surface area contributed by atoms with E-state index in [1.54, 1.807) is 35.3 Å². The third kappa shape index (κ3) is 5.52. The van der Waals surface area contributed by atoms with Crippen molar-refractivity contribution in [3.05, 3.63) is 60.7 Å². The molecule has 0 saturated heterocycles. The van der Waals surface area contributed by atoms with Crippen molar-refractivity contribution in [3.63, 3.8) is 0 Å². The normalized spacial score (nSPS) is 9.71. The van der Waals surface area contributed by atoms with Gasteiger partial charge in [0.05, 0.1) is 5.56 Å². The molecule has 0 atom stereocenters. The van der Waals surface area contributed by atoms with Gasteiger partial charge in [-0.3, -0.25) is 0 Å². The van der Waals surface area contributed by atoms with Gasteiger partial charge in [-0.05, 0) is 24.1 Å². The van der Waals surface area contributed by atoms with E-state index in [-0.39, 0.29) is 11.6 Å². The van der Waals surface area contributed by atoms with Gasteiger partial charge in [0.15, 0.2) is 0 Å². The fourth-order valence-corrected chi connectivity index (χ4v) is 1.84. The Labute approximate surface area is 124 Å². The summed E-state index contributed by atoms with van der Waals surface area (Å²) in [5, 5.41) is 11.7. The van der Waals surface area contributed by atoms with Gasteiger partial charge in [-0.15, -0.1) is 13.2 Å². The van der Waals surface area contributed by atoms with Crippen LogP contribution < -0.4 is 5.32 Å². The highest BCUT2D eigenvalue weighted by molar-refractivity contribution is 5.87. The lowest BCUT2D eigenvalue weighted by molar-refractivity contribution is 0.0696. The first-order valence-electron chi connectivity index (χ1n) is 6.65. The molecule has 0 unspecified atom stereocenters. The summed E-state index contributed by atoms with van der Waals surface area (Å²) in [6.07, 6.45) is 3.88. The van der Waals surface area contributed by atoms with Crippen LogP contribution in [0.2, 0.25) is 0 Å². The predicted octanol–water partition coefficient (Wildman–Crippen LogP) is 2.31. The molecule has 1 rings (SSSR count). The molecule has 0 spiro atoms. The number of carboxylic acids is 1. The number of nitrogens with one attached hydrogen (secondary N) is 1. The van der Waals surface area contributed by atoms with Gasteiger partial charge >= 0.3 is 12.0 Å². The van der Waals surface area contributed by atoms with Gasteiger partial charge in [0.2, 0.25) is 0 Å². The van der Waals surface area contributed by atoms with Crippen LogP contribution >= 0.6 is 0 Å². The van der Waals surface area contributed by atoms with E-state index >= 15 is 0 Å². The van der Waals surface area contributed by atoms with E-state index < -0.39 is 5.97 Å². The molecule has 21 heavy (non-hydrogen) atoms. The molecule has 0 radical (unpaired) electrons. The van der Waals surface area contributed by atoms with Crippen LogP contribution in [0, 0.1) is 0 Å². The maximum absolute atomic E-state index is 11.9. The van der Waals surface area contributed by atoms with Crippen LogP contribution in [0.25, 0.3) is 0 Å². The monoisotopic (exact) mass is 288 g/mol. The molecule has 0 aliphatic rings. The van der Waals surface area contributed by atoms with Crippen molar-refractivity contribution >= 4 is 12.0 Å². The molecule has 5 nitrogen and oxygen atoms in total. The van der Waals surface area contributed by atoms with Gasteiger partial charge in [0.25, 0.3) is 0 Å². The molecule has 2 amide bonds. The minimum atomic E-state index is -0.955. The molecule has 2 N–H and O–H groups in total. The molecule has 0 fully saturated rings.